The Kier molecular flexibility index (Phi) is 2.30. The third-order valence-corrected chi connectivity index (χ3v) is 1.56. The van der Waals surface area contributed by atoms with Crippen LogP contribution in [0.25, 0.3) is 0 Å². The molecule has 0 aliphatic carbocycles. The van der Waals surface area contributed by atoms with Crippen molar-refractivity contribution in [1.29, 1.82) is 0 Å². The van der Waals surface area contributed by atoms with E-state index < -0.39 is 0 Å². The molecule has 0 spiro atoms. The second kappa shape index (κ2) is 3.05. The van der Waals surface area contributed by atoms with E-state index in [2.05, 4.69) is 5.32 Å². The number of hydrogen-bond acceptors (Lipinski definition) is 1. The molecule has 1 fully saturated rings. The molecule has 0 saturated carbocycles. The molecule has 0 aromatic carbocycles. The van der Waals surface area contributed by atoms with Crippen molar-refractivity contribution >= 4 is 0 Å². The molecule has 0 aromatic heterocycles. The SMILES string of the molecule is C[N]C1CCOCC1. The van der Waals surface area contributed by atoms with Gasteiger partial charge in [-0.25, -0.2) is 5.32 Å². The van der Waals surface area contributed by atoms with Crippen LogP contribution in [0.1, 0.15) is 12.8 Å². The van der Waals surface area contributed by atoms with Crippen LogP contribution in [0.2, 0.25) is 0 Å². The molecule has 8 heavy (non-hydrogen) atoms. The predicted molar refractivity (Wildman–Crippen MR) is 31.9 cm³/mol. The average Bonchev–Trinajstić information content (AvgIpc) is 1.90. The summed E-state index contributed by atoms with van der Waals surface area (Å²) in [7, 11) is 1.88. The second-order valence-corrected chi connectivity index (χ2v) is 2.10. The van der Waals surface area contributed by atoms with Gasteiger partial charge in [-0.2, -0.15) is 0 Å². The van der Waals surface area contributed by atoms with E-state index in [1.54, 1.807) is 0 Å². The van der Waals surface area contributed by atoms with E-state index in [0.717, 1.165) is 26.1 Å². The highest BCUT2D eigenvalue weighted by molar-refractivity contribution is 4.66. The van der Waals surface area contributed by atoms with Gasteiger partial charge in [0.15, 0.2) is 0 Å². The largest absolute Gasteiger partial charge is 0.381 e. The minimum absolute atomic E-state index is 0.587. The zero-order valence-electron chi connectivity index (χ0n) is 5.26. The molecule has 0 N–H and O–H groups in total. The van der Waals surface area contributed by atoms with Crippen molar-refractivity contribution < 1.29 is 4.74 Å². The number of nitrogens with zero attached hydrogens (tertiary/aromatic N) is 1. The van der Waals surface area contributed by atoms with Gasteiger partial charge in [0.2, 0.25) is 0 Å². The van der Waals surface area contributed by atoms with Crippen molar-refractivity contribution in [1.82, 2.24) is 5.32 Å². The smallest absolute Gasteiger partial charge is 0.0481 e. The van der Waals surface area contributed by atoms with Gasteiger partial charge in [0.25, 0.3) is 0 Å². The quantitative estimate of drug-likeness (QED) is 0.484. The first kappa shape index (κ1) is 6.05. The molecule has 0 aromatic rings. The summed E-state index contributed by atoms with van der Waals surface area (Å²) >= 11 is 0. The van der Waals surface area contributed by atoms with Crippen LogP contribution in [0, 0.1) is 0 Å². The average molecular weight is 114 g/mol. The molecule has 0 amide bonds. The van der Waals surface area contributed by atoms with Gasteiger partial charge in [-0.05, 0) is 12.8 Å². The summed E-state index contributed by atoms with van der Waals surface area (Å²) in [6.07, 6.45) is 2.24. The van der Waals surface area contributed by atoms with Crippen molar-refractivity contribution in [2.24, 2.45) is 0 Å². The Morgan fingerprint density at radius 2 is 2.00 bits per heavy atom. The molecule has 1 heterocycles. The Hall–Kier alpha value is -0.0800. The van der Waals surface area contributed by atoms with Crippen molar-refractivity contribution in [2.75, 3.05) is 20.3 Å². The zero-order valence-corrected chi connectivity index (χ0v) is 5.26. The summed E-state index contributed by atoms with van der Waals surface area (Å²) in [6, 6.07) is 0.587. The summed E-state index contributed by atoms with van der Waals surface area (Å²) in [6.45, 7) is 1.81. The highest BCUT2D eigenvalue weighted by Crippen LogP contribution is 2.05. The number of rotatable bonds is 1. The minimum Gasteiger partial charge on any atom is -0.381 e. The molecule has 2 heteroatoms. The summed E-state index contributed by atoms with van der Waals surface area (Å²) in [4.78, 5) is 0. The molecule has 47 valence electrons. The van der Waals surface area contributed by atoms with Crippen LogP contribution >= 0.6 is 0 Å². The fourth-order valence-corrected chi connectivity index (χ4v) is 0.943. The fraction of sp³-hybridized carbons (Fsp3) is 1.00. The summed E-state index contributed by atoms with van der Waals surface area (Å²) in [5.41, 5.74) is 0. The van der Waals surface area contributed by atoms with Gasteiger partial charge in [0.05, 0.1) is 0 Å². The molecule has 1 rings (SSSR count). The van der Waals surface area contributed by atoms with Crippen LogP contribution in [0.4, 0.5) is 0 Å². The molecule has 1 aliphatic heterocycles. The van der Waals surface area contributed by atoms with Gasteiger partial charge in [-0.15, -0.1) is 0 Å². The van der Waals surface area contributed by atoms with E-state index in [9.17, 15) is 0 Å². The first-order valence-corrected chi connectivity index (χ1v) is 3.10. The maximum Gasteiger partial charge on any atom is 0.0481 e. The third kappa shape index (κ3) is 1.46. The van der Waals surface area contributed by atoms with Gasteiger partial charge in [-0.1, -0.05) is 0 Å². The molecule has 2 nitrogen and oxygen atoms in total. The first-order valence-electron chi connectivity index (χ1n) is 3.10. The topological polar surface area (TPSA) is 23.3 Å². The van der Waals surface area contributed by atoms with Crippen molar-refractivity contribution in [3.05, 3.63) is 0 Å². The van der Waals surface area contributed by atoms with E-state index in [4.69, 9.17) is 4.74 Å². The van der Waals surface area contributed by atoms with E-state index in [0.29, 0.717) is 6.04 Å². The maximum atomic E-state index is 5.14. The van der Waals surface area contributed by atoms with Gasteiger partial charge in [-0.3, -0.25) is 0 Å². The molecule has 1 radical (unpaired) electrons. The lowest BCUT2D eigenvalue weighted by atomic mass is 10.1. The van der Waals surface area contributed by atoms with Crippen molar-refractivity contribution in [3.63, 3.8) is 0 Å². The molecule has 0 atom stereocenters. The summed E-state index contributed by atoms with van der Waals surface area (Å²) < 4.78 is 5.14. The molecule has 0 unspecified atom stereocenters. The molecule has 0 bridgehead atoms. The lowest BCUT2D eigenvalue weighted by Crippen LogP contribution is -2.27. The van der Waals surface area contributed by atoms with Gasteiger partial charge < -0.3 is 4.74 Å². The van der Waals surface area contributed by atoms with Gasteiger partial charge in [0.1, 0.15) is 0 Å². The third-order valence-electron chi connectivity index (χ3n) is 1.56. The van der Waals surface area contributed by atoms with Crippen LogP contribution in [0.5, 0.6) is 0 Å². The Balaban J connectivity index is 2.13. The highest BCUT2D eigenvalue weighted by Gasteiger charge is 2.10. The van der Waals surface area contributed by atoms with Crippen LogP contribution < -0.4 is 5.32 Å². The molecule has 1 aliphatic rings. The Morgan fingerprint density at radius 1 is 1.38 bits per heavy atom. The van der Waals surface area contributed by atoms with E-state index in [1.807, 2.05) is 7.05 Å². The highest BCUT2D eigenvalue weighted by atomic mass is 16.5. The van der Waals surface area contributed by atoms with Crippen LogP contribution in [-0.2, 0) is 4.74 Å². The van der Waals surface area contributed by atoms with Crippen LogP contribution in [0.15, 0.2) is 0 Å². The Bertz CT molecular complexity index is 59.5. The Labute approximate surface area is 50.2 Å². The molecular weight excluding hydrogens is 102 g/mol. The van der Waals surface area contributed by atoms with Gasteiger partial charge >= 0.3 is 0 Å². The Morgan fingerprint density at radius 3 is 2.38 bits per heavy atom. The monoisotopic (exact) mass is 114 g/mol. The fourth-order valence-electron chi connectivity index (χ4n) is 0.943. The normalized spacial score (nSPS) is 23.6. The number of hydrogen-bond donors (Lipinski definition) is 0. The summed E-state index contributed by atoms with van der Waals surface area (Å²) in [5.74, 6) is 0. The standard InChI is InChI=1S/C6H12NO/c1-7-6-2-4-8-5-3-6/h6H,2-5H2,1H3. The second-order valence-electron chi connectivity index (χ2n) is 2.10. The lowest BCUT2D eigenvalue weighted by Gasteiger charge is -2.19. The molecule has 1 saturated heterocycles. The predicted octanol–water partition coefficient (Wildman–Crippen LogP) is 0.400. The zero-order chi connectivity index (χ0) is 5.82. The van der Waals surface area contributed by atoms with E-state index in [1.165, 1.54) is 0 Å². The molecular formula is C6H12NO. The maximum absolute atomic E-state index is 5.14. The lowest BCUT2D eigenvalue weighted by molar-refractivity contribution is 0.0791. The summed E-state index contributed by atoms with van der Waals surface area (Å²) in [5, 5.41) is 4.17. The van der Waals surface area contributed by atoms with Crippen molar-refractivity contribution in [2.45, 2.75) is 18.9 Å². The number of ether oxygens (including phenoxy) is 1. The van der Waals surface area contributed by atoms with E-state index in [-0.39, 0.29) is 0 Å². The first-order chi connectivity index (χ1) is 3.93. The van der Waals surface area contributed by atoms with E-state index >= 15 is 0 Å². The minimum atomic E-state index is 0.587. The van der Waals surface area contributed by atoms with Crippen LogP contribution in [0.3, 0.4) is 0 Å². The van der Waals surface area contributed by atoms with Gasteiger partial charge in [0, 0.05) is 26.3 Å². The van der Waals surface area contributed by atoms with Crippen LogP contribution in [-0.4, -0.2) is 26.3 Å². The van der Waals surface area contributed by atoms with Crippen molar-refractivity contribution in [3.8, 4) is 0 Å².